The zero-order valence-electron chi connectivity index (χ0n) is 9.17. The molecule has 0 aliphatic heterocycles. The summed E-state index contributed by atoms with van der Waals surface area (Å²) in [4.78, 5) is 0. The van der Waals surface area contributed by atoms with Crippen molar-refractivity contribution in [3.05, 3.63) is 28.8 Å². The molecule has 3 N–H and O–H groups in total. The molecule has 0 spiro atoms. The van der Waals surface area contributed by atoms with E-state index in [2.05, 4.69) is 6.92 Å². The minimum absolute atomic E-state index is 0.221. The standard InChI is InChI=1S/C12H19NO/c1-4-11(13)7-10-5-8(2)12(14)9(3)6-10/h5-6,11,14H,4,7,13H2,1-3H3. The van der Waals surface area contributed by atoms with Crippen molar-refractivity contribution in [3.63, 3.8) is 0 Å². The fourth-order valence-electron chi connectivity index (χ4n) is 1.61. The highest BCUT2D eigenvalue weighted by Gasteiger charge is 2.06. The highest BCUT2D eigenvalue weighted by Crippen LogP contribution is 2.23. The predicted molar refractivity (Wildman–Crippen MR) is 59.6 cm³/mol. The molecule has 0 fully saturated rings. The number of hydrogen-bond acceptors (Lipinski definition) is 2. The summed E-state index contributed by atoms with van der Waals surface area (Å²) in [5.41, 5.74) is 8.96. The number of aromatic hydroxyl groups is 1. The molecule has 1 rings (SSSR count). The smallest absolute Gasteiger partial charge is 0.121 e. The molecule has 14 heavy (non-hydrogen) atoms. The summed E-state index contributed by atoms with van der Waals surface area (Å²) >= 11 is 0. The van der Waals surface area contributed by atoms with Gasteiger partial charge in [-0.05, 0) is 43.4 Å². The van der Waals surface area contributed by atoms with Crippen molar-refractivity contribution in [3.8, 4) is 5.75 Å². The van der Waals surface area contributed by atoms with Crippen LogP contribution in [0.25, 0.3) is 0 Å². The van der Waals surface area contributed by atoms with Crippen LogP contribution >= 0.6 is 0 Å². The van der Waals surface area contributed by atoms with E-state index in [1.54, 1.807) is 0 Å². The van der Waals surface area contributed by atoms with E-state index in [1.165, 1.54) is 5.56 Å². The molecule has 2 nitrogen and oxygen atoms in total. The summed E-state index contributed by atoms with van der Waals surface area (Å²) in [7, 11) is 0. The normalized spacial score (nSPS) is 12.9. The zero-order valence-corrected chi connectivity index (χ0v) is 9.17. The van der Waals surface area contributed by atoms with Crippen molar-refractivity contribution in [2.24, 2.45) is 5.73 Å². The second-order valence-corrected chi connectivity index (χ2v) is 3.95. The quantitative estimate of drug-likeness (QED) is 0.773. The van der Waals surface area contributed by atoms with Crippen LogP contribution in [0, 0.1) is 13.8 Å². The maximum absolute atomic E-state index is 9.59. The number of rotatable bonds is 3. The van der Waals surface area contributed by atoms with E-state index >= 15 is 0 Å². The molecule has 1 unspecified atom stereocenters. The highest BCUT2D eigenvalue weighted by molar-refractivity contribution is 5.42. The molecule has 0 aromatic heterocycles. The summed E-state index contributed by atoms with van der Waals surface area (Å²) in [6.45, 7) is 5.93. The Labute approximate surface area is 85.8 Å². The Bertz CT molecular complexity index is 297. The van der Waals surface area contributed by atoms with E-state index in [0.29, 0.717) is 5.75 Å². The van der Waals surface area contributed by atoms with Gasteiger partial charge in [0.2, 0.25) is 0 Å². The van der Waals surface area contributed by atoms with E-state index in [0.717, 1.165) is 24.0 Å². The second-order valence-electron chi connectivity index (χ2n) is 3.95. The molecule has 0 aliphatic rings. The highest BCUT2D eigenvalue weighted by atomic mass is 16.3. The van der Waals surface area contributed by atoms with Crippen molar-refractivity contribution in [1.82, 2.24) is 0 Å². The SMILES string of the molecule is CCC(N)Cc1cc(C)c(O)c(C)c1. The average molecular weight is 193 g/mol. The minimum atomic E-state index is 0.221. The molecule has 0 heterocycles. The largest absolute Gasteiger partial charge is 0.507 e. The molecule has 0 bridgehead atoms. The third kappa shape index (κ3) is 2.48. The van der Waals surface area contributed by atoms with Gasteiger partial charge in [-0.1, -0.05) is 19.1 Å². The van der Waals surface area contributed by atoms with Crippen LogP contribution < -0.4 is 5.73 Å². The molecular formula is C12H19NO. The van der Waals surface area contributed by atoms with Crippen LogP contribution in [0.1, 0.15) is 30.0 Å². The van der Waals surface area contributed by atoms with E-state index in [-0.39, 0.29) is 6.04 Å². The van der Waals surface area contributed by atoms with Crippen molar-refractivity contribution in [1.29, 1.82) is 0 Å². The van der Waals surface area contributed by atoms with Gasteiger partial charge in [-0.2, -0.15) is 0 Å². The fraction of sp³-hybridized carbons (Fsp3) is 0.500. The Morgan fingerprint density at radius 1 is 1.29 bits per heavy atom. The Kier molecular flexibility index (Phi) is 3.53. The number of benzene rings is 1. The van der Waals surface area contributed by atoms with Gasteiger partial charge in [0.15, 0.2) is 0 Å². The molecule has 0 radical (unpaired) electrons. The van der Waals surface area contributed by atoms with Crippen LogP contribution in [0.2, 0.25) is 0 Å². The minimum Gasteiger partial charge on any atom is -0.507 e. The first kappa shape index (κ1) is 11.1. The topological polar surface area (TPSA) is 46.2 Å². The van der Waals surface area contributed by atoms with Crippen molar-refractivity contribution in [2.75, 3.05) is 0 Å². The van der Waals surface area contributed by atoms with Crippen LogP contribution in [0.4, 0.5) is 0 Å². The first-order chi connectivity index (χ1) is 6.54. The van der Waals surface area contributed by atoms with Crippen molar-refractivity contribution >= 4 is 0 Å². The molecule has 2 heteroatoms. The number of nitrogens with two attached hydrogens (primary N) is 1. The molecule has 0 saturated carbocycles. The lowest BCUT2D eigenvalue weighted by molar-refractivity contribution is 0.466. The van der Waals surface area contributed by atoms with Crippen LogP contribution in [0.5, 0.6) is 5.75 Å². The molecule has 1 aromatic rings. The van der Waals surface area contributed by atoms with Gasteiger partial charge in [0.05, 0.1) is 0 Å². The Morgan fingerprint density at radius 3 is 2.21 bits per heavy atom. The molecule has 1 aromatic carbocycles. The third-order valence-electron chi connectivity index (χ3n) is 2.57. The fourth-order valence-corrected chi connectivity index (χ4v) is 1.61. The summed E-state index contributed by atoms with van der Waals surface area (Å²) < 4.78 is 0. The van der Waals surface area contributed by atoms with Gasteiger partial charge in [0.25, 0.3) is 0 Å². The Balaban J connectivity index is 2.89. The van der Waals surface area contributed by atoms with E-state index in [4.69, 9.17) is 5.73 Å². The van der Waals surface area contributed by atoms with Crippen LogP contribution in [0.15, 0.2) is 12.1 Å². The number of aryl methyl sites for hydroxylation is 2. The lowest BCUT2D eigenvalue weighted by Gasteiger charge is -2.11. The molecule has 0 aliphatic carbocycles. The van der Waals surface area contributed by atoms with Crippen LogP contribution in [-0.2, 0) is 6.42 Å². The van der Waals surface area contributed by atoms with Crippen molar-refractivity contribution < 1.29 is 5.11 Å². The van der Waals surface area contributed by atoms with Gasteiger partial charge in [0.1, 0.15) is 5.75 Å². The monoisotopic (exact) mass is 193 g/mol. The number of phenolic OH excluding ortho intramolecular Hbond substituents is 1. The lowest BCUT2D eigenvalue weighted by Crippen LogP contribution is -2.21. The molecule has 0 amide bonds. The average Bonchev–Trinajstić information content (AvgIpc) is 2.14. The number of hydrogen-bond donors (Lipinski definition) is 2. The molecule has 78 valence electrons. The number of phenols is 1. The van der Waals surface area contributed by atoms with E-state index in [1.807, 2.05) is 26.0 Å². The van der Waals surface area contributed by atoms with Gasteiger partial charge in [-0.25, -0.2) is 0 Å². The lowest BCUT2D eigenvalue weighted by atomic mass is 9.99. The maximum Gasteiger partial charge on any atom is 0.121 e. The summed E-state index contributed by atoms with van der Waals surface area (Å²) in [6, 6.07) is 4.24. The van der Waals surface area contributed by atoms with Crippen molar-refractivity contribution in [2.45, 2.75) is 39.7 Å². The third-order valence-corrected chi connectivity index (χ3v) is 2.57. The van der Waals surface area contributed by atoms with E-state index in [9.17, 15) is 5.11 Å². The predicted octanol–water partition coefficient (Wildman–Crippen LogP) is 2.29. The van der Waals surface area contributed by atoms with Gasteiger partial charge in [0, 0.05) is 6.04 Å². The first-order valence-electron chi connectivity index (χ1n) is 5.09. The maximum atomic E-state index is 9.59. The summed E-state index contributed by atoms with van der Waals surface area (Å²) in [5, 5.41) is 9.59. The first-order valence-corrected chi connectivity index (χ1v) is 5.09. The second kappa shape index (κ2) is 4.47. The Hall–Kier alpha value is -1.02. The molecule has 1 atom stereocenters. The van der Waals surface area contributed by atoms with Gasteiger partial charge < -0.3 is 10.8 Å². The van der Waals surface area contributed by atoms with Crippen LogP contribution in [-0.4, -0.2) is 11.1 Å². The summed E-state index contributed by atoms with van der Waals surface area (Å²) in [6.07, 6.45) is 1.87. The zero-order chi connectivity index (χ0) is 10.7. The summed E-state index contributed by atoms with van der Waals surface area (Å²) in [5.74, 6) is 0.402. The van der Waals surface area contributed by atoms with Gasteiger partial charge >= 0.3 is 0 Å². The van der Waals surface area contributed by atoms with Gasteiger partial charge in [-0.15, -0.1) is 0 Å². The van der Waals surface area contributed by atoms with E-state index < -0.39 is 0 Å². The molecular weight excluding hydrogens is 174 g/mol. The van der Waals surface area contributed by atoms with Crippen LogP contribution in [0.3, 0.4) is 0 Å². The van der Waals surface area contributed by atoms with Gasteiger partial charge in [-0.3, -0.25) is 0 Å². The Morgan fingerprint density at radius 2 is 1.79 bits per heavy atom. The molecule has 0 saturated heterocycles.